The van der Waals surface area contributed by atoms with Crippen molar-refractivity contribution >= 4 is 23.5 Å². The average molecular weight is 589 g/mol. The molecule has 0 bridgehead atoms. The van der Waals surface area contributed by atoms with Crippen molar-refractivity contribution in [2.45, 2.75) is 5.03 Å². The summed E-state index contributed by atoms with van der Waals surface area (Å²) in [6, 6.07) is 17.2. The van der Waals surface area contributed by atoms with E-state index in [9.17, 15) is 10.4 Å². The molecule has 0 N–H and O–H groups in total. The summed E-state index contributed by atoms with van der Waals surface area (Å²) in [7, 11) is 4.58. The number of benzene rings is 2. The highest BCUT2D eigenvalue weighted by Crippen LogP contribution is 2.43. The Hall–Kier alpha value is -4.80. The molecule has 0 unspecified atom stereocenters. The van der Waals surface area contributed by atoms with Crippen molar-refractivity contribution < 1.29 is 33.4 Å². The van der Waals surface area contributed by atoms with Crippen molar-refractivity contribution in [1.29, 1.82) is 5.26 Å². The molecule has 1 saturated heterocycles. The van der Waals surface area contributed by atoms with Gasteiger partial charge in [-0.1, -0.05) is 42.1 Å². The lowest BCUT2D eigenvalue weighted by atomic mass is 9.98. The molecule has 0 spiro atoms. The van der Waals surface area contributed by atoms with E-state index in [2.05, 4.69) is 16.3 Å². The van der Waals surface area contributed by atoms with Gasteiger partial charge >= 0.3 is 5.88 Å². The van der Waals surface area contributed by atoms with Crippen LogP contribution in [0, 0.1) is 11.3 Å². The van der Waals surface area contributed by atoms with Crippen LogP contribution < -0.4 is 29.1 Å². The van der Waals surface area contributed by atoms with Crippen molar-refractivity contribution in [3.63, 3.8) is 0 Å². The molecule has 1 aliphatic heterocycles. The van der Waals surface area contributed by atoms with Crippen molar-refractivity contribution in [3.05, 3.63) is 60.3 Å². The molecule has 3 heterocycles. The van der Waals surface area contributed by atoms with Crippen LogP contribution in [0.25, 0.3) is 22.4 Å². The number of pyridine rings is 1. The van der Waals surface area contributed by atoms with Crippen LogP contribution in [0.3, 0.4) is 0 Å². The zero-order valence-electron chi connectivity index (χ0n) is 23.3. The monoisotopic (exact) mass is 588 g/mol. The van der Waals surface area contributed by atoms with E-state index < -0.39 is 5.90 Å². The molecule has 2 aromatic carbocycles. The summed E-state index contributed by atoms with van der Waals surface area (Å²) in [6.07, 6.45) is 1.55. The molecule has 13 heteroatoms. The molecule has 4 aromatic rings. The largest absolute Gasteiger partial charge is 0.861 e. The van der Waals surface area contributed by atoms with Crippen LogP contribution in [0.5, 0.6) is 17.2 Å². The fraction of sp³-hybridized carbons (Fsp3) is 0.276. The number of nitrogens with zero attached hydrogens (tertiary/aromatic N) is 6. The lowest BCUT2D eigenvalue weighted by Gasteiger charge is -2.18. The standard InChI is InChI=1S/C29H28N6O6S/c1-37-24-13-20(14-25(38-2)28(24)39-3)21-15-23(19-7-5-4-6-8-19)31-29(22(21)16-30)42-18-26(36)32-27-17-35(33-41-27)34-9-11-40-12-10-34/h4-8,13-15,17H,9-12,18H2,1-3H3. The van der Waals surface area contributed by atoms with Crippen LogP contribution in [-0.2, 0) is 4.74 Å². The van der Waals surface area contributed by atoms with Gasteiger partial charge in [-0.05, 0) is 29.7 Å². The number of aromatic nitrogens is 3. The minimum atomic E-state index is -0.463. The summed E-state index contributed by atoms with van der Waals surface area (Å²) in [5.74, 6) is 0.861. The smallest absolute Gasteiger partial charge is 0.324 e. The lowest BCUT2D eigenvalue weighted by molar-refractivity contribution is -0.759. The van der Waals surface area contributed by atoms with Crippen LogP contribution >= 0.6 is 11.8 Å². The fourth-order valence-electron chi connectivity index (χ4n) is 4.41. The van der Waals surface area contributed by atoms with Crippen LogP contribution in [-0.4, -0.2) is 69.5 Å². The quantitative estimate of drug-likeness (QED) is 0.117. The number of ether oxygens (including phenoxy) is 4. The third-order valence-corrected chi connectivity index (χ3v) is 7.39. The summed E-state index contributed by atoms with van der Waals surface area (Å²) >= 11 is 1.12. The predicted octanol–water partition coefficient (Wildman–Crippen LogP) is 2.74. The SMILES string of the molecule is COc1cc(-c2cc(-c3ccccc3)nc(SC/C([O-])=N/c3c[n+](N4CCOCC4)no3)c2C#N)cc(OC)c1OC. The number of rotatable bonds is 10. The minimum absolute atomic E-state index is 0.0765. The van der Waals surface area contributed by atoms with Gasteiger partial charge in [-0.3, -0.25) is 4.52 Å². The van der Waals surface area contributed by atoms with Crippen LogP contribution in [0.15, 0.2) is 69.3 Å². The number of hydrogen-bond donors (Lipinski definition) is 0. The van der Waals surface area contributed by atoms with Crippen LogP contribution in [0.2, 0.25) is 0 Å². The molecule has 1 fully saturated rings. The van der Waals surface area contributed by atoms with Gasteiger partial charge in [0.15, 0.2) is 11.5 Å². The Morgan fingerprint density at radius 2 is 1.79 bits per heavy atom. The summed E-state index contributed by atoms with van der Waals surface area (Å²) < 4.78 is 27.1. The Kier molecular flexibility index (Phi) is 9.05. The molecule has 1 aliphatic rings. The molecule has 0 atom stereocenters. The third-order valence-electron chi connectivity index (χ3n) is 6.43. The average Bonchev–Trinajstić information content (AvgIpc) is 3.51. The van der Waals surface area contributed by atoms with E-state index in [1.807, 2.05) is 41.4 Å². The second-order valence-corrected chi connectivity index (χ2v) is 9.91. The highest BCUT2D eigenvalue weighted by atomic mass is 32.2. The third kappa shape index (κ3) is 6.24. The van der Waals surface area contributed by atoms with Crippen molar-refractivity contribution in [2.24, 2.45) is 4.99 Å². The molecule has 42 heavy (non-hydrogen) atoms. The van der Waals surface area contributed by atoms with Gasteiger partial charge < -0.3 is 24.1 Å². The van der Waals surface area contributed by atoms with E-state index in [1.54, 1.807) is 18.3 Å². The van der Waals surface area contributed by atoms with Gasteiger partial charge in [0.2, 0.25) is 11.0 Å². The van der Waals surface area contributed by atoms with E-state index in [0.717, 1.165) is 17.3 Å². The first-order valence-electron chi connectivity index (χ1n) is 12.9. The number of thioether (sulfide) groups is 1. The molecule has 0 aliphatic carbocycles. The molecule has 2 aromatic heterocycles. The second kappa shape index (κ2) is 13.2. The molecule has 0 amide bonds. The fourth-order valence-corrected chi connectivity index (χ4v) is 5.20. The van der Waals surface area contributed by atoms with E-state index in [0.29, 0.717) is 71.0 Å². The van der Waals surface area contributed by atoms with E-state index in [1.165, 1.54) is 26.1 Å². The highest BCUT2D eigenvalue weighted by Gasteiger charge is 2.23. The number of morpholine rings is 1. The molecule has 12 nitrogen and oxygen atoms in total. The summed E-state index contributed by atoms with van der Waals surface area (Å²) in [6.45, 7) is 2.46. The zero-order valence-corrected chi connectivity index (χ0v) is 24.1. The topological polar surface area (TPSA) is 142 Å². The van der Waals surface area contributed by atoms with Crippen molar-refractivity contribution in [1.82, 2.24) is 10.3 Å². The maximum Gasteiger partial charge on any atom is 0.324 e. The van der Waals surface area contributed by atoms with E-state index in [-0.39, 0.29) is 11.6 Å². The number of aliphatic imine (C=N–C) groups is 1. The predicted molar refractivity (Wildman–Crippen MR) is 153 cm³/mol. The lowest BCUT2D eigenvalue weighted by Crippen LogP contribution is -2.62. The summed E-state index contributed by atoms with van der Waals surface area (Å²) in [5.41, 5.74) is 3.04. The number of hydrogen-bond acceptors (Lipinski definition) is 12. The molecular weight excluding hydrogens is 560 g/mol. The van der Waals surface area contributed by atoms with Crippen molar-refractivity contribution in [2.75, 3.05) is 58.4 Å². The summed E-state index contributed by atoms with van der Waals surface area (Å²) in [5, 5.41) is 29.4. The Morgan fingerprint density at radius 3 is 2.43 bits per heavy atom. The first-order chi connectivity index (χ1) is 20.5. The second-order valence-electron chi connectivity index (χ2n) is 8.95. The van der Waals surface area contributed by atoms with E-state index >= 15 is 0 Å². The maximum absolute atomic E-state index is 12.8. The minimum Gasteiger partial charge on any atom is -0.861 e. The highest BCUT2D eigenvalue weighted by molar-refractivity contribution is 8.00. The van der Waals surface area contributed by atoms with Gasteiger partial charge in [-0.15, -0.1) is 5.01 Å². The Bertz CT molecular complexity index is 1590. The normalized spacial score (nSPS) is 13.5. The van der Waals surface area contributed by atoms with E-state index in [4.69, 9.17) is 28.5 Å². The van der Waals surface area contributed by atoms with Gasteiger partial charge in [-0.2, -0.15) is 5.26 Å². The van der Waals surface area contributed by atoms with Crippen molar-refractivity contribution in [3.8, 4) is 45.7 Å². The maximum atomic E-state index is 12.8. The van der Waals surface area contributed by atoms with Crippen LogP contribution in [0.4, 0.5) is 5.88 Å². The van der Waals surface area contributed by atoms with Gasteiger partial charge in [-0.25, -0.2) is 9.98 Å². The first-order valence-corrected chi connectivity index (χ1v) is 13.9. The molecule has 0 saturated carbocycles. The molecule has 5 rings (SSSR count). The zero-order chi connectivity index (χ0) is 29.5. The Labute approximate surface area is 246 Å². The first kappa shape index (κ1) is 28.7. The number of nitriles is 1. The molecule has 0 radical (unpaired) electrons. The Morgan fingerprint density at radius 1 is 1.07 bits per heavy atom. The van der Waals surface area contributed by atoms with Gasteiger partial charge in [0.05, 0.1) is 63.7 Å². The number of methoxy groups -OCH3 is 3. The van der Waals surface area contributed by atoms with Gasteiger partial charge in [0.1, 0.15) is 11.1 Å². The molecule has 216 valence electrons. The summed E-state index contributed by atoms with van der Waals surface area (Å²) in [4.78, 5) is 10.3. The van der Waals surface area contributed by atoms with Crippen LogP contribution in [0.1, 0.15) is 5.56 Å². The molecular formula is C29H28N6O6S. The van der Waals surface area contributed by atoms with Gasteiger partial charge in [0, 0.05) is 16.9 Å². The van der Waals surface area contributed by atoms with Gasteiger partial charge in [0.25, 0.3) is 6.20 Å². The Balaban J connectivity index is 1.50.